The van der Waals surface area contributed by atoms with Gasteiger partial charge in [-0.3, -0.25) is 14.7 Å². The molecule has 0 aromatic rings. The molecule has 0 aliphatic carbocycles. The monoisotopic (exact) mass is 141 g/mol. The molecule has 0 bridgehead atoms. The van der Waals surface area contributed by atoms with Crippen LogP contribution in [0.1, 0.15) is 6.92 Å². The zero-order valence-electron chi connectivity index (χ0n) is 6.00. The molecule has 4 heteroatoms. The van der Waals surface area contributed by atoms with Gasteiger partial charge in [-0.2, -0.15) is 0 Å². The van der Waals surface area contributed by atoms with Crippen LogP contribution in [0.4, 0.5) is 0 Å². The highest BCUT2D eigenvalue weighted by Gasteiger charge is 2.10. The predicted octanol–water partition coefficient (Wildman–Crippen LogP) is -0.576. The molecule has 56 valence electrons. The molecular formula is C6H11N3O. The van der Waals surface area contributed by atoms with Crippen LogP contribution in [-0.4, -0.2) is 36.9 Å². The number of nitrogens with one attached hydrogen (secondary N) is 1. The summed E-state index contributed by atoms with van der Waals surface area (Å²) >= 11 is 0. The highest BCUT2D eigenvalue weighted by atomic mass is 16.1. The molecule has 0 unspecified atom stereocenters. The molecule has 0 spiro atoms. The summed E-state index contributed by atoms with van der Waals surface area (Å²) in [7, 11) is 0. The number of amides is 1. The van der Waals surface area contributed by atoms with Crippen molar-refractivity contribution in [1.29, 1.82) is 0 Å². The Hall–Kier alpha value is -1.06. The molecule has 0 aromatic heterocycles. The Morgan fingerprint density at radius 2 is 2.70 bits per heavy atom. The zero-order chi connectivity index (χ0) is 7.40. The van der Waals surface area contributed by atoms with Gasteiger partial charge >= 0.3 is 0 Å². The summed E-state index contributed by atoms with van der Waals surface area (Å²) in [6.07, 6.45) is 0.789. The van der Waals surface area contributed by atoms with E-state index < -0.39 is 0 Å². The standard InChI is InChI=1S/C6H11N3O/c1-2-9(5-10)6-7-3-4-8-6/h5H,2-4H2,1H3,(H,7,8). The van der Waals surface area contributed by atoms with Gasteiger partial charge in [-0.15, -0.1) is 0 Å². The highest BCUT2D eigenvalue weighted by Crippen LogP contribution is 1.90. The van der Waals surface area contributed by atoms with Crippen molar-refractivity contribution in [3.63, 3.8) is 0 Å². The summed E-state index contributed by atoms with van der Waals surface area (Å²) in [5, 5.41) is 3.00. The van der Waals surface area contributed by atoms with Crippen LogP contribution < -0.4 is 5.32 Å². The maximum Gasteiger partial charge on any atom is 0.216 e. The van der Waals surface area contributed by atoms with Gasteiger partial charge in [-0.1, -0.05) is 0 Å². The largest absolute Gasteiger partial charge is 0.354 e. The summed E-state index contributed by atoms with van der Waals surface area (Å²) in [6.45, 7) is 4.21. The lowest BCUT2D eigenvalue weighted by Gasteiger charge is -2.13. The summed E-state index contributed by atoms with van der Waals surface area (Å²) in [5.74, 6) is 0.706. The molecule has 0 radical (unpaired) electrons. The third kappa shape index (κ3) is 1.26. The number of hydrogen-bond donors (Lipinski definition) is 1. The van der Waals surface area contributed by atoms with Gasteiger partial charge in [-0.05, 0) is 6.92 Å². The van der Waals surface area contributed by atoms with E-state index in [1.165, 1.54) is 0 Å². The fraction of sp³-hybridized carbons (Fsp3) is 0.667. The molecule has 1 rings (SSSR count). The lowest BCUT2D eigenvalue weighted by molar-refractivity contribution is -0.114. The fourth-order valence-electron chi connectivity index (χ4n) is 0.852. The van der Waals surface area contributed by atoms with Gasteiger partial charge in [0.1, 0.15) is 0 Å². The first-order valence-corrected chi connectivity index (χ1v) is 3.38. The van der Waals surface area contributed by atoms with Crippen molar-refractivity contribution in [2.24, 2.45) is 4.99 Å². The molecule has 1 heterocycles. The summed E-state index contributed by atoms with van der Waals surface area (Å²) < 4.78 is 0. The van der Waals surface area contributed by atoms with Crippen LogP contribution >= 0.6 is 0 Å². The third-order valence-electron chi connectivity index (χ3n) is 1.40. The maximum atomic E-state index is 10.3. The Balaban J connectivity index is 2.51. The van der Waals surface area contributed by atoms with Crippen molar-refractivity contribution in [3.05, 3.63) is 0 Å². The topological polar surface area (TPSA) is 44.7 Å². The van der Waals surface area contributed by atoms with Crippen molar-refractivity contribution in [3.8, 4) is 0 Å². The molecule has 0 aromatic carbocycles. The van der Waals surface area contributed by atoms with Crippen LogP contribution in [0.2, 0.25) is 0 Å². The summed E-state index contributed by atoms with van der Waals surface area (Å²) in [4.78, 5) is 16.0. The normalized spacial score (nSPS) is 15.9. The molecule has 0 saturated heterocycles. The predicted molar refractivity (Wildman–Crippen MR) is 38.7 cm³/mol. The number of aliphatic imine (C=N–C) groups is 1. The first kappa shape index (κ1) is 7.05. The van der Waals surface area contributed by atoms with E-state index in [0.29, 0.717) is 12.5 Å². The molecule has 1 aliphatic heterocycles. The van der Waals surface area contributed by atoms with E-state index in [1.807, 2.05) is 6.92 Å². The van der Waals surface area contributed by atoms with Crippen molar-refractivity contribution in [2.75, 3.05) is 19.6 Å². The number of carbonyl (C=O) groups is 1. The third-order valence-corrected chi connectivity index (χ3v) is 1.40. The average Bonchev–Trinajstić information content (AvgIpc) is 2.43. The van der Waals surface area contributed by atoms with Gasteiger partial charge in [0.25, 0.3) is 0 Å². The Morgan fingerprint density at radius 3 is 3.10 bits per heavy atom. The summed E-state index contributed by atoms with van der Waals surface area (Å²) in [5.41, 5.74) is 0. The van der Waals surface area contributed by atoms with Crippen LogP contribution in [0.3, 0.4) is 0 Å². The molecule has 1 aliphatic rings. The highest BCUT2D eigenvalue weighted by molar-refractivity contribution is 5.89. The second kappa shape index (κ2) is 3.20. The Bertz CT molecular complexity index is 155. The van der Waals surface area contributed by atoms with Crippen LogP contribution in [0.25, 0.3) is 0 Å². The number of rotatable bonds is 2. The van der Waals surface area contributed by atoms with Crippen LogP contribution in [0, 0.1) is 0 Å². The Morgan fingerprint density at radius 1 is 1.90 bits per heavy atom. The van der Waals surface area contributed by atoms with E-state index >= 15 is 0 Å². The minimum absolute atomic E-state index is 0.676. The molecule has 1 amide bonds. The fourth-order valence-corrected chi connectivity index (χ4v) is 0.852. The second-order valence-electron chi connectivity index (χ2n) is 2.02. The quantitative estimate of drug-likeness (QED) is 0.523. The number of guanidine groups is 1. The molecule has 4 nitrogen and oxygen atoms in total. The van der Waals surface area contributed by atoms with Gasteiger partial charge < -0.3 is 5.32 Å². The molecular weight excluding hydrogens is 130 g/mol. The molecule has 0 atom stereocenters. The van der Waals surface area contributed by atoms with Gasteiger partial charge in [0.15, 0.2) is 0 Å². The summed E-state index contributed by atoms with van der Waals surface area (Å²) in [6, 6.07) is 0. The van der Waals surface area contributed by atoms with E-state index in [2.05, 4.69) is 10.3 Å². The molecule has 1 N–H and O–H groups in total. The Labute approximate surface area is 59.9 Å². The van der Waals surface area contributed by atoms with Crippen molar-refractivity contribution in [1.82, 2.24) is 10.2 Å². The Kier molecular flexibility index (Phi) is 2.25. The van der Waals surface area contributed by atoms with Crippen LogP contribution in [-0.2, 0) is 4.79 Å². The van der Waals surface area contributed by atoms with Crippen molar-refractivity contribution in [2.45, 2.75) is 6.92 Å². The van der Waals surface area contributed by atoms with E-state index in [4.69, 9.17) is 0 Å². The first-order valence-electron chi connectivity index (χ1n) is 3.38. The van der Waals surface area contributed by atoms with Gasteiger partial charge in [0.05, 0.1) is 6.54 Å². The lowest BCUT2D eigenvalue weighted by atomic mass is 10.6. The average molecular weight is 141 g/mol. The smallest absolute Gasteiger partial charge is 0.216 e. The van der Waals surface area contributed by atoms with E-state index in [9.17, 15) is 4.79 Å². The van der Waals surface area contributed by atoms with Gasteiger partial charge in [-0.25, -0.2) is 0 Å². The van der Waals surface area contributed by atoms with Crippen molar-refractivity contribution < 1.29 is 4.79 Å². The number of carbonyl (C=O) groups excluding carboxylic acids is 1. The lowest BCUT2D eigenvalue weighted by Crippen LogP contribution is -2.37. The number of hydrogen-bond acceptors (Lipinski definition) is 3. The molecule has 0 fully saturated rings. The van der Waals surface area contributed by atoms with E-state index in [-0.39, 0.29) is 0 Å². The maximum absolute atomic E-state index is 10.3. The zero-order valence-corrected chi connectivity index (χ0v) is 6.00. The first-order chi connectivity index (χ1) is 4.88. The molecule has 0 saturated carbocycles. The van der Waals surface area contributed by atoms with Gasteiger partial charge in [0, 0.05) is 13.1 Å². The van der Waals surface area contributed by atoms with E-state index in [1.54, 1.807) is 4.90 Å². The van der Waals surface area contributed by atoms with Crippen LogP contribution in [0.5, 0.6) is 0 Å². The van der Waals surface area contributed by atoms with Gasteiger partial charge in [0.2, 0.25) is 12.4 Å². The minimum atomic E-state index is 0.676. The SMILES string of the molecule is CCN(C=O)C1=NCCN1. The second-order valence-corrected chi connectivity index (χ2v) is 2.02. The van der Waals surface area contributed by atoms with E-state index in [0.717, 1.165) is 19.5 Å². The molecule has 10 heavy (non-hydrogen) atoms. The number of nitrogens with zero attached hydrogens (tertiary/aromatic N) is 2. The van der Waals surface area contributed by atoms with Crippen molar-refractivity contribution >= 4 is 12.4 Å². The van der Waals surface area contributed by atoms with Crippen LogP contribution in [0.15, 0.2) is 4.99 Å². The minimum Gasteiger partial charge on any atom is -0.354 e.